The number of nitrogens with zero attached hydrogens (tertiary/aromatic N) is 2. The van der Waals surface area contributed by atoms with Gasteiger partial charge >= 0.3 is 6.03 Å². The Morgan fingerprint density at radius 3 is 2.95 bits per heavy atom. The highest BCUT2D eigenvalue weighted by Gasteiger charge is 2.08. The van der Waals surface area contributed by atoms with Crippen LogP contribution in [0.3, 0.4) is 0 Å². The summed E-state index contributed by atoms with van der Waals surface area (Å²) in [4.78, 5) is 16.3. The van der Waals surface area contributed by atoms with Gasteiger partial charge in [-0.25, -0.2) is 9.86 Å². The Labute approximate surface area is 112 Å². The van der Waals surface area contributed by atoms with E-state index in [1.54, 1.807) is 31.2 Å². The van der Waals surface area contributed by atoms with Crippen LogP contribution in [0.4, 0.5) is 10.5 Å². The first-order valence-electron chi connectivity index (χ1n) is 5.78. The number of nitriles is 1. The molecule has 0 bridgehead atoms. The summed E-state index contributed by atoms with van der Waals surface area (Å²) in [5.41, 5.74) is 0.594. The number of rotatable bonds is 5. The summed E-state index contributed by atoms with van der Waals surface area (Å²) in [6.45, 7) is 2.09. The minimum absolute atomic E-state index is 0.183. The first-order valence-corrected chi connectivity index (χ1v) is 5.78. The average molecular weight is 263 g/mol. The number of carbonyl (C=O) groups is 1. The lowest BCUT2D eigenvalue weighted by atomic mass is 10.2. The summed E-state index contributed by atoms with van der Waals surface area (Å²) >= 11 is 0. The highest BCUT2D eigenvalue weighted by atomic mass is 16.7. The highest BCUT2D eigenvalue weighted by molar-refractivity contribution is 5.88. The van der Waals surface area contributed by atoms with Crippen molar-refractivity contribution in [1.29, 1.82) is 5.26 Å². The Morgan fingerprint density at radius 1 is 1.58 bits per heavy atom. The van der Waals surface area contributed by atoms with E-state index in [-0.39, 0.29) is 11.9 Å². The first kappa shape index (κ1) is 14.8. The van der Waals surface area contributed by atoms with Crippen molar-refractivity contribution in [2.75, 3.05) is 26.1 Å². The fraction of sp³-hybridized carbons (Fsp3) is 0.385. The van der Waals surface area contributed by atoms with E-state index >= 15 is 0 Å². The van der Waals surface area contributed by atoms with E-state index < -0.39 is 0 Å². The molecular formula is C13H17N3O3. The van der Waals surface area contributed by atoms with Crippen molar-refractivity contribution < 1.29 is 14.4 Å². The summed E-state index contributed by atoms with van der Waals surface area (Å²) in [5, 5.41) is 12.4. The Bertz CT molecular complexity index is 470. The summed E-state index contributed by atoms with van der Waals surface area (Å²) in [6.07, 6.45) is 0. The topological polar surface area (TPSA) is 74.6 Å². The van der Waals surface area contributed by atoms with E-state index in [2.05, 4.69) is 11.4 Å². The molecule has 6 nitrogen and oxygen atoms in total. The Morgan fingerprint density at radius 2 is 2.32 bits per heavy atom. The van der Waals surface area contributed by atoms with Gasteiger partial charge in [0.1, 0.15) is 12.4 Å². The van der Waals surface area contributed by atoms with Crippen LogP contribution in [0.15, 0.2) is 24.3 Å². The summed E-state index contributed by atoms with van der Waals surface area (Å²) in [5.74, 6) is 0.415. The molecule has 1 unspecified atom stereocenters. The average Bonchev–Trinajstić information content (AvgIpc) is 2.44. The zero-order chi connectivity index (χ0) is 14.3. The summed E-state index contributed by atoms with van der Waals surface area (Å²) in [6, 6.07) is 8.65. The van der Waals surface area contributed by atoms with Crippen LogP contribution in [0.5, 0.6) is 5.75 Å². The molecule has 0 aliphatic carbocycles. The number of nitrogens with one attached hydrogen (secondary N) is 1. The lowest BCUT2D eigenvalue weighted by Crippen LogP contribution is -2.30. The van der Waals surface area contributed by atoms with Gasteiger partial charge in [0.05, 0.1) is 19.1 Å². The number of urea groups is 1. The molecule has 1 N–H and O–H groups in total. The minimum atomic E-state index is -0.384. The van der Waals surface area contributed by atoms with E-state index in [9.17, 15) is 4.79 Å². The number of hydrogen-bond acceptors (Lipinski definition) is 4. The SMILES string of the molecule is CON(C)C(=O)Nc1cccc(OCC(C)C#N)c1. The number of hydrogen-bond donors (Lipinski definition) is 1. The van der Waals surface area contributed by atoms with Gasteiger partial charge in [-0.1, -0.05) is 6.07 Å². The monoisotopic (exact) mass is 263 g/mol. The predicted molar refractivity (Wildman–Crippen MR) is 70.5 cm³/mol. The second kappa shape index (κ2) is 7.24. The molecule has 0 saturated carbocycles. The van der Waals surface area contributed by atoms with Gasteiger partial charge in [0, 0.05) is 18.8 Å². The summed E-state index contributed by atoms with van der Waals surface area (Å²) in [7, 11) is 2.91. The zero-order valence-electron chi connectivity index (χ0n) is 11.2. The smallest absolute Gasteiger partial charge is 0.345 e. The van der Waals surface area contributed by atoms with Gasteiger partial charge in [0.2, 0.25) is 0 Å². The standard InChI is InChI=1S/C13H17N3O3/c1-10(8-14)9-19-12-6-4-5-11(7-12)15-13(17)16(2)18-3/h4-7,10H,9H2,1-3H3,(H,15,17). The zero-order valence-corrected chi connectivity index (χ0v) is 11.2. The number of benzene rings is 1. The molecule has 1 rings (SSSR count). The van der Waals surface area contributed by atoms with E-state index in [4.69, 9.17) is 14.8 Å². The molecule has 19 heavy (non-hydrogen) atoms. The Balaban J connectivity index is 2.62. The quantitative estimate of drug-likeness (QED) is 0.827. The molecule has 102 valence electrons. The van der Waals surface area contributed by atoms with E-state index in [0.29, 0.717) is 18.0 Å². The molecule has 1 aromatic rings. The van der Waals surface area contributed by atoms with E-state index in [1.165, 1.54) is 14.2 Å². The van der Waals surface area contributed by atoms with Gasteiger partial charge in [-0.3, -0.25) is 4.84 Å². The van der Waals surface area contributed by atoms with Crippen molar-refractivity contribution >= 4 is 11.7 Å². The molecule has 0 aliphatic heterocycles. The van der Waals surface area contributed by atoms with Gasteiger partial charge in [0.15, 0.2) is 0 Å². The third-order valence-electron chi connectivity index (χ3n) is 2.37. The molecule has 0 aromatic heterocycles. The van der Waals surface area contributed by atoms with Gasteiger partial charge in [-0.05, 0) is 19.1 Å². The maximum atomic E-state index is 11.6. The third-order valence-corrected chi connectivity index (χ3v) is 2.37. The third kappa shape index (κ3) is 4.85. The van der Waals surface area contributed by atoms with Crippen LogP contribution in [0.1, 0.15) is 6.92 Å². The van der Waals surface area contributed by atoms with Crippen LogP contribution >= 0.6 is 0 Å². The van der Waals surface area contributed by atoms with Crippen molar-refractivity contribution in [2.45, 2.75) is 6.92 Å². The highest BCUT2D eigenvalue weighted by Crippen LogP contribution is 2.18. The van der Waals surface area contributed by atoms with Crippen molar-refractivity contribution in [3.63, 3.8) is 0 Å². The lowest BCUT2D eigenvalue weighted by Gasteiger charge is -2.15. The van der Waals surface area contributed by atoms with Crippen molar-refractivity contribution in [3.05, 3.63) is 24.3 Å². The second-order valence-corrected chi connectivity index (χ2v) is 3.98. The molecule has 0 aliphatic rings. The van der Waals surface area contributed by atoms with Crippen molar-refractivity contribution in [3.8, 4) is 11.8 Å². The number of hydroxylamine groups is 2. The molecule has 0 spiro atoms. The number of carbonyl (C=O) groups excluding carboxylic acids is 1. The van der Waals surface area contributed by atoms with Crippen molar-refractivity contribution in [1.82, 2.24) is 5.06 Å². The maximum Gasteiger partial charge on any atom is 0.345 e. The van der Waals surface area contributed by atoms with E-state index in [1.807, 2.05) is 0 Å². The van der Waals surface area contributed by atoms with Crippen LogP contribution in [0.25, 0.3) is 0 Å². The molecule has 0 saturated heterocycles. The molecular weight excluding hydrogens is 246 g/mol. The lowest BCUT2D eigenvalue weighted by molar-refractivity contribution is -0.0598. The predicted octanol–water partition coefficient (Wildman–Crippen LogP) is 2.25. The van der Waals surface area contributed by atoms with Crippen LogP contribution in [0.2, 0.25) is 0 Å². The molecule has 0 fully saturated rings. The molecule has 1 aromatic carbocycles. The van der Waals surface area contributed by atoms with Crippen LogP contribution in [-0.4, -0.2) is 31.9 Å². The molecule has 2 amide bonds. The summed E-state index contributed by atoms with van der Waals surface area (Å²) < 4.78 is 5.45. The molecule has 0 heterocycles. The van der Waals surface area contributed by atoms with Crippen molar-refractivity contribution in [2.24, 2.45) is 5.92 Å². The first-order chi connectivity index (χ1) is 9.06. The van der Waals surface area contributed by atoms with Crippen LogP contribution < -0.4 is 10.1 Å². The Kier molecular flexibility index (Phi) is 5.64. The Hall–Kier alpha value is -2.26. The van der Waals surface area contributed by atoms with Gasteiger partial charge < -0.3 is 10.1 Å². The van der Waals surface area contributed by atoms with Gasteiger partial charge in [-0.2, -0.15) is 5.26 Å². The van der Waals surface area contributed by atoms with E-state index in [0.717, 1.165) is 5.06 Å². The van der Waals surface area contributed by atoms with Crippen LogP contribution in [-0.2, 0) is 4.84 Å². The van der Waals surface area contributed by atoms with Crippen LogP contribution in [0, 0.1) is 17.2 Å². The maximum absolute atomic E-state index is 11.6. The number of anilines is 1. The number of amides is 2. The molecule has 1 atom stereocenters. The second-order valence-electron chi connectivity index (χ2n) is 3.98. The molecule has 0 radical (unpaired) electrons. The van der Waals surface area contributed by atoms with Gasteiger partial charge in [-0.15, -0.1) is 0 Å². The fourth-order valence-corrected chi connectivity index (χ4v) is 1.21. The fourth-order valence-electron chi connectivity index (χ4n) is 1.21. The number of ether oxygens (including phenoxy) is 1. The minimum Gasteiger partial charge on any atom is -0.492 e. The normalized spacial score (nSPS) is 11.3. The largest absolute Gasteiger partial charge is 0.492 e. The molecule has 6 heteroatoms. The van der Waals surface area contributed by atoms with Gasteiger partial charge in [0.25, 0.3) is 0 Å².